The SMILES string of the molecule is CC(C)(C)OC(=O)N(c1cccc(F)c1)c1cc(Cl)nn2c(C3CC3)cnc12. The second-order valence-electron chi connectivity index (χ2n) is 7.84. The number of amides is 1. The van der Waals surface area contributed by atoms with Gasteiger partial charge in [0.1, 0.15) is 17.1 Å². The van der Waals surface area contributed by atoms with Gasteiger partial charge in [-0.3, -0.25) is 0 Å². The number of nitrogens with zero attached hydrogens (tertiary/aromatic N) is 4. The van der Waals surface area contributed by atoms with Gasteiger partial charge in [0.2, 0.25) is 0 Å². The highest BCUT2D eigenvalue weighted by Gasteiger charge is 2.31. The fourth-order valence-electron chi connectivity index (χ4n) is 3.03. The predicted octanol–water partition coefficient (Wildman–Crippen LogP) is 5.47. The van der Waals surface area contributed by atoms with Crippen LogP contribution in [-0.4, -0.2) is 26.3 Å². The smallest absolute Gasteiger partial charge is 0.419 e. The molecule has 3 aromatic rings. The molecule has 0 N–H and O–H groups in total. The molecule has 1 aromatic carbocycles. The Hall–Kier alpha value is -2.67. The molecule has 0 bridgehead atoms. The molecule has 0 radical (unpaired) electrons. The van der Waals surface area contributed by atoms with Crippen molar-refractivity contribution in [1.29, 1.82) is 0 Å². The maximum absolute atomic E-state index is 13.9. The van der Waals surface area contributed by atoms with Crippen molar-refractivity contribution in [2.75, 3.05) is 4.90 Å². The van der Waals surface area contributed by atoms with Gasteiger partial charge in [0.15, 0.2) is 10.8 Å². The molecule has 6 nitrogen and oxygen atoms in total. The van der Waals surface area contributed by atoms with Crippen molar-refractivity contribution in [3.8, 4) is 0 Å². The van der Waals surface area contributed by atoms with Crippen LogP contribution in [0.15, 0.2) is 36.5 Å². The van der Waals surface area contributed by atoms with Gasteiger partial charge < -0.3 is 4.74 Å². The second-order valence-corrected chi connectivity index (χ2v) is 8.23. The fraction of sp³-hybridized carbons (Fsp3) is 0.350. The van der Waals surface area contributed by atoms with Crippen molar-refractivity contribution in [2.24, 2.45) is 0 Å². The van der Waals surface area contributed by atoms with Crippen LogP contribution in [0.1, 0.15) is 45.2 Å². The van der Waals surface area contributed by atoms with Gasteiger partial charge in [-0.05, 0) is 51.8 Å². The van der Waals surface area contributed by atoms with Crippen LogP contribution in [0.5, 0.6) is 0 Å². The Morgan fingerprint density at radius 1 is 1.32 bits per heavy atom. The molecule has 1 saturated carbocycles. The topological polar surface area (TPSA) is 59.7 Å². The zero-order chi connectivity index (χ0) is 20.1. The molecule has 1 aliphatic carbocycles. The van der Waals surface area contributed by atoms with E-state index in [-0.39, 0.29) is 5.15 Å². The minimum atomic E-state index is -0.732. The molecule has 0 unspecified atom stereocenters. The quantitative estimate of drug-likeness (QED) is 0.582. The zero-order valence-corrected chi connectivity index (χ0v) is 16.6. The molecular weight excluding hydrogens is 383 g/mol. The Bertz CT molecular complexity index is 1060. The van der Waals surface area contributed by atoms with Gasteiger partial charge in [-0.1, -0.05) is 17.7 Å². The molecule has 28 heavy (non-hydrogen) atoms. The number of halogens is 2. The molecule has 0 atom stereocenters. The number of carbonyl (C=O) groups is 1. The number of carbonyl (C=O) groups excluding carboxylic acids is 1. The lowest BCUT2D eigenvalue weighted by Gasteiger charge is -2.27. The van der Waals surface area contributed by atoms with Crippen LogP contribution < -0.4 is 4.90 Å². The van der Waals surface area contributed by atoms with Crippen molar-refractivity contribution < 1.29 is 13.9 Å². The van der Waals surface area contributed by atoms with Gasteiger partial charge in [0.25, 0.3) is 0 Å². The number of anilines is 2. The van der Waals surface area contributed by atoms with E-state index in [0.717, 1.165) is 18.5 Å². The highest BCUT2D eigenvalue weighted by Crippen LogP contribution is 2.41. The number of benzene rings is 1. The summed E-state index contributed by atoms with van der Waals surface area (Å²) >= 11 is 6.27. The van der Waals surface area contributed by atoms with E-state index in [1.54, 1.807) is 37.5 Å². The van der Waals surface area contributed by atoms with Gasteiger partial charge in [-0.15, -0.1) is 0 Å². The van der Waals surface area contributed by atoms with E-state index in [1.165, 1.54) is 29.2 Å². The zero-order valence-electron chi connectivity index (χ0n) is 15.8. The Balaban J connectivity index is 1.90. The monoisotopic (exact) mass is 402 g/mol. The van der Waals surface area contributed by atoms with Crippen LogP contribution in [-0.2, 0) is 4.74 Å². The summed E-state index contributed by atoms with van der Waals surface area (Å²) < 4.78 is 21.1. The molecular formula is C20H20ClFN4O2. The number of hydrogen-bond acceptors (Lipinski definition) is 4. The summed E-state index contributed by atoms with van der Waals surface area (Å²) in [5, 5.41) is 4.55. The first-order chi connectivity index (χ1) is 13.2. The van der Waals surface area contributed by atoms with Crippen molar-refractivity contribution in [3.63, 3.8) is 0 Å². The number of ether oxygens (including phenoxy) is 1. The molecule has 1 aliphatic rings. The highest BCUT2D eigenvalue weighted by atomic mass is 35.5. The van der Waals surface area contributed by atoms with Crippen LogP contribution in [0.4, 0.5) is 20.6 Å². The largest absolute Gasteiger partial charge is 0.443 e. The summed E-state index contributed by atoms with van der Waals surface area (Å²) in [4.78, 5) is 18.8. The Morgan fingerprint density at radius 2 is 2.07 bits per heavy atom. The van der Waals surface area contributed by atoms with Crippen molar-refractivity contribution in [3.05, 3.63) is 53.2 Å². The lowest BCUT2D eigenvalue weighted by Crippen LogP contribution is -2.34. The molecule has 2 heterocycles. The van der Waals surface area contributed by atoms with Gasteiger partial charge in [-0.25, -0.2) is 23.6 Å². The molecule has 0 saturated heterocycles. The molecule has 0 spiro atoms. The first-order valence-corrected chi connectivity index (χ1v) is 9.43. The molecule has 1 amide bonds. The lowest BCUT2D eigenvalue weighted by atomic mass is 10.2. The molecule has 1 fully saturated rings. The highest BCUT2D eigenvalue weighted by molar-refractivity contribution is 6.29. The van der Waals surface area contributed by atoms with Crippen molar-refractivity contribution in [2.45, 2.75) is 45.1 Å². The van der Waals surface area contributed by atoms with Gasteiger partial charge in [0.05, 0.1) is 17.6 Å². The first kappa shape index (κ1) is 18.7. The average Bonchev–Trinajstić information content (AvgIpc) is 3.33. The van der Waals surface area contributed by atoms with E-state index in [0.29, 0.717) is 22.9 Å². The van der Waals surface area contributed by atoms with E-state index in [2.05, 4.69) is 10.1 Å². The molecule has 4 rings (SSSR count). The van der Waals surface area contributed by atoms with Crippen LogP contribution >= 0.6 is 11.6 Å². The van der Waals surface area contributed by atoms with Crippen molar-refractivity contribution >= 4 is 34.7 Å². The van der Waals surface area contributed by atoms with Gasteiger partial charge in [0, 0.05) is 12.0 Å². The normalized spacial score (nSPS) is 14.3. The molecule has 8 heteroatoms. The summed E-state index contributed by atoms with van der Waals surface area (Å²) in [7, 11) is 0. The van der Waals surface area contributed by atoms with Gasteiger partial charge >= 0.3 is 6.09 Å². The number of hydrogen-bond donors (Lipinski definition) is 0. The number of fused-ring (bicyclic) bond motifs is 1. The minimum absolute atomic E-state index is 0.201. The van der Waals surface area contributed by atoms with Crippen molar-refractivity contribution in [1.82, 2.24) is 14.6 Å². The third kappa shape index (κ3) is 3.67. The lowest BCUT2D eigenvalue weighted by molar-refractivity contribution is 0.0599. The third-order valence-corrected chi connectivity index (χ3v) is 4.51. The average molecular weight is 403 g/mol. The van der Waals surface area contributed by atoms with E-state index >= 15 is 0 Å². The summed E-state index contributed by atoms with van der Waals surface area (Å²) in [5.74, 6) is -0.0813. The van der Waals surface area contributed by atoms with E-state index in [1.807, 2.05) is 0 Å². The Labute approximate surface area is 166 Å². The van der Waals surface area contributed by atoms with Gasteiger partial charge in [-0.2, -0.15) is 5.10 Å². The molecule has 2 aromatic heterocycles. The van der Waals surface area contributed by atoms with Crippen LogP contribution in [0.3, 0.4) is 0 Å². The van der Waals surface area contributed by atoms with E-state index in [9.17, 15) is 9.18 Å². The summed E-state index contributed by atoms with van der Waals surface area (Å²) in [5.41, 5.74) is 1.37. The minimum Gasteiger partial charge on any atom is -0.443 e. The van der Waals surface area contributed by atoms with E-state index in [4.69, 9.17) is 16.3 Å². The fourth-order valence-corrected chi connectivity index (χ4v) is 3.21. The summed E-state index contributed by atoms with van der Waals surface area (Å²) in [6.45, 7) is 5.31. The Morgan fingerprint density at radius 3 is 2.71 bits per heavy atom. The third-order valence-electron chi connectivity index (χ3n) is 4.32. The molecule has 146 valence electrons. The summed E-state index contributed by atoms with van der Waals surface area (Å²) in [6.07, 6.45) is 3.23. The maximum atomic E-state index is 13.9. The second kappa shape index (κ2) is 6.74. The number of imidazole rings is 1. The summed E-state index contributed by atoms with van der Waals surface area (Å²) in [6, 6.07) is 7.27. The van der Waals surface area contributed by atoms with Crippen LogP contribution in [0.2, 0.25) is 5.15 Å². The predicted molar refractivity (Wildman–Crippen MR) is 105 cm³/mol. The maximum Gasteiger partial charge on any atom is 0.419 e. The Kier molecular flexibility index (Phi) is 4.50. The van der Waals surface area contributed by atoms with E-state index < -0.39 is 17.5 Å². The van der Waals surface area contributed by atoms with Crippen LogP contribution in [0, 0.1) is 5.82 Å². The first-order valence-electron chi connectivity index (χ1n) is 9.06. The standard InChI is InChI=1S/C20H20ClFN4O2/c1-20(2,3)28-19(27)25(14-6-4-5-13(22)9-14)15-10-17(21)24-26-16(12-7-8-12)11-23-18(15)26/h4-6,9-12H,7-8H2,1-3H3. The number of rotatable bonds is 3. The number of aromatic nitrogens is 3. The molecule has 0 aliphatic heterocycles. The van der Waals surface area contributed by atoms with Crippen LogP contribution in [0.25, 0.3) is 5.65 Å².